The summed E-state index contributed by atoms with van der Waals surface area (Å²) in [6.45, 7) is 1.80. The third kappa shape index (κ3) is 2.05. The number of aliphatic carboxylic acids is 1. The number of hydrogen-bond acceptors (Lipinski definition) is 1. The number of carboxylic acid groups (broad SMARTS) is 1. The van der Waals surface area contributed by atoms with Crippen LogP contribution in [0, 0.1) is 5.92 Å². The number of carboxylic acids is 1. The molecule has 3 heteroatoms. The Hall–Kier alpha value is -1.38. The highest BCUT2D eigenvalue weighted by Crippen LogP contribution is 2.24. The molecule has 0 saturated heterocycles. The van der Waals surface area contributed by atoms with Gasteiger partial charge in [-0.25, -0.2) is 4.39 Å². The molecule has 0 aromatic rings. The minimum absolute atomic E-state index is 0.456. The van der Waals surface area contributed by atoms with E-state index in [2.05, 4.69) is 0 Å². The highest BCUT2D eigenvalue weighted by Gasteiger charge is 2.22. The molecule has 0 bridgehead atoms. The van der Waals surface area contributed by atoms with E-state index in [9.17, 15) is 9.18 Å². The monoisotopic (exact) mass is 182 g/mol. The SMILES string of the molecule is CCC1=C(F)C(C(=O)O)C=CC=C1. The lowest BCUT2D eigenvalue weighted by Crippen LogP contribution is -2.12. The molecule has 1 N–H and O–H groups in total. The zero-order chi connectivity index (χ0) is 9.84. The maximum Gasteiger partial charge on any atom is 0.317 e. The van der Waals surface area contributed by atoms with Crippen LogP contribution in [0.15, 0.2) is 35.7 Å². The van der Waals surface area contributed by atoms with Gasteiger partial charge in [0.25, 0.3) is 0 Å². The Labute approximate surface area is 76.1 Å². The third-order valence-corrected chi connectivity index (χ3v) is 1.94. The van der Waals surface area contributed by atoms with Crippen LogP contribution in [-0.4, -0.2) is 11.1 Å². The van der Waals surface area contributed by atoms with Crippen LogP contribution >= 0.6 is 0 Å². The fourth-order valence-corrected chi connectivity index (χ4v) is 1.19. The second-order valence-electron chi connectivity index (χ2n) is 2.79. The van der Waals surface area contributed by atoms with Crippen molar-refractivity contribution in [2.75, 3.05) is 0 Å². The molecule has 2 nitrogen and oxygen atoms in total. The molecular weight excluding hydrogens is 171 g/mol. The summed E-state index contributed by atoms with van der Waals surface area (Å²) in [5.41, 5.74) is 0.456. The maximum absolute atomic E-state index is 13.4. The van der Waals surface area contributed by atoms with E-state index in [1.165, 1.54) is 6.08 Å². The molecule has 0 heterocycles. The summed E-state index contributed by atoms with van der Waals surface area (Å²) in [5, 5.41) is 8.69. The predicted octanol–water partition coefficient (Wildman–Crippen LogP) is 2.45. The molecule has 1 rings (SSSR count). The molecule has 1 atom stereocenters. The Balaban J connectivity index is 3.06. The summed E-state index contributed by atoms with van der Waals surface area (Å²) in [7, 11) is 0. The molecule has 0 aromatic carbocycles. The molecule has 0 aliphatic heterocycles. The number of hydrogen-bond donors (Lipinski definition) is 1. The summed E-state index contributed by atoms with van der Waals surface area (Å²) in [4.78, 5) is 10.6. The quantitative estimate of drug-likeness (QED) is 0.712. The van der Waals surface area contributed by atoms with Gasteiger partial charge in [-0.15, -0.1) is 0 Å². The zero-order valence-corrected chi connectivity index (χ0v) is 7.33. The fourth-order valence-electron chi connectivity index (χ4n) is 1.19. The van der Waals surface area contributed by atoms with Gasteiger partial charge in [0.15, 0.2) is 0 Å². The first-order valence-corrected chi connectivity index (χ1v) is 4.13. The van der Waals surface area contributed by atoms with Crippen LogP contribution in [-0.2, 0) is 4.79 Å². The summed E-state index contributed by atoms with van der Waals surface area (Å²) in [6, 6.07) is 0. The van der Waals surface area contributed by atoms with Crippen LogP contribution in [0.25, 0.3) is 0 Å². The molecular formula is C10H11FO2. The van der Waals surface area contributed by atoms with E-state index < -0.39 is 17.7 Å². The molecule has 1 aliphatic carbocycles. The van der Waals surface area contributed by atoms with Gasteiger partial charge in [0.2, 0.25) is 0 Å². The van der Waals surface area contributed by atoms with Crippen LogP contribution in [0.5, 0.6) is 0 Å². The van der Waals surface area contributed by atoms with Gasteiger partial charge in [-0.05, 0) is 12.0 Å². The Morgan fingerprint density at radius 3 is 2.85 bits per heavy atom. The molecule has 0 spiro atoms. The normalized spacial score (nSPS) is 21.8. The van der Waals surface area contributed by atoms with E-state index in [0.717, 1.165) is 0 Å². The van der Waals surface area contributed by atoms with Crippen LogP contribution in [0.3, 0.4) is 0 Å². The van der Waals surface area contributed by atoms with Crippen LogP contribution in [0.4, 0.5) is 4.39 Å². The van der Waals surface area contributed by atoms with Gasteiger partial charge < -0.3 is 5.11 Å². The predicted molar refractivity (Wildman–Crippen MR) is 47.8 cm³/mol. The highest BCUT2D eigenvalue weighted by molar-refractivity contribution is 5.76. The summed E-state index contributed by atoms with van der Waals surface area (Å²) < 4.78 is 13.4. The minimum Gasteiger partial charge on any atom is -0.480 e. The molecule has 1 aliphatic rings. The van der Waals surface area contributed by atoms with E-state index >= 15 is 0 Å². The first-order chi connectivity index (χ1) is 6.16. The lowest BCUT2D eigenvalue weighted by molar-refractivity contribution is -0.139. The van der Waals surface area contributed by atoms with E-state index in [4.69, 9.17) is 5.11 Å². The van der Waals surface area contributed by atoms with Gasteiger partial charge in [0.1, 0.15) is 11.7 Å². The maximum atomic E-state index is 13.4. The lowest BCUT2D eigenvalue weighted by atomic mass is 10.0. The van der Waals surface area contributed by atoms with Crippen molar-refractivity contribution in [3.05, 3.63) is 35.7 Å². The Kier molecular flexibility index (Phi) is 3.01. The van der Waals surface area contributed by atoms with Gasteiger partial charge >= 0.3 is 5.97 Å². The summed E-state index contributed by atoms with van der Waals surface area (Å²) >= 11 is 0. The standard InChI is InChI=1S/C10H11FO2/c1-2-7-5-3-4-6-8(9(7)11)10(12)13/h3-6,8H,2H2,1H3,(H,12,13). The van der Waals surface area contributed by atoms with E-state index in [1.807, 2.05) is 0 Å². The Morgan fingerprint density at radius 1 is 1.62 bits per heavy atom. The van der Waals surface area contributed by atoms with Crippen molar-refractivity contribution >= 4 is 5.97 Å². The van der Waals surface area contributed by atoms with Crippen molar-refractivity contribution in [2.24, 2.45) is 5.92 Å². The molecule has 0 saturated carbocycles. The average Bonchev–Trinajstić information content (AvgIpc) is 2.26. The molecule has 1 unspecified atom stereocenters. The number of allylic oxidation sites excluding steroid dienone is 4. The summed E-state index contributed by atoms with van der Waals surface area (Å²) in [6.07, 6.45) is 6.67. The van der Waals surface area contributed by atoms with Crippen molar-refractivity contribution in [3.8, 4) is 0 Å². The van der Waals surface area contributed by atoms with Crippen LogP contribution in [0.1, 0.15) is 13.3 Å². The average molecular weight is 182 g/mol. The van der Waals surface area contributed by atoms with Gasteiger partial charge in [-0.1, -0.05) is 31.2 Å². The summed E-state index contributed by atoms with van der Waals surface area (Å²) in [5.74, 6) is -2.83. The van der Waals surface area contributed by atoms with Crippen molar-refractivity contribution in [1.82, 2.24) is 0 Å². The molecule has 13 heavy (non-hydrogen) atoms. The Bertz CT molecular complexity index is 300. The van der Waals surface area contributed by atoms with Gasteiger partial charge in [0.05, 0.1) is 0 Å². The first-order valence-electron chi connectivity index (χ1n) is 4.13. The minimum atomic E-state index is -1.15. The molecule has 0 amide bonds. The lowest BCUT2D eigenvalue weighted by Gasteiger charge is -2.06. The van der Waals surface area contributed by atoms with Crippen molar-refractivity contribution < 1.29 is 14.3 Å². The zero-order valence-electron chi connectivity index (χ0n) is 7.33. The molecule has 70 valence electrons. The fraction of sp³-hybridized carbons (Fsp3) is 0.300. The van der Waals surface area contributed by atoms with Gasteiger partial charge in [0, 0.05) is 0 Å². The van der Waals surface area contributed by atoms with Crippen molar-refractivity contribution in [1.29, 1.82) is 0 Å². The Morgan fingerprint density at radius 2 is 2.31 bits per heavy atom. The van der Waals surface area contributed by atoms with E-state index in [1.54, 1.807) is 25.2 Å². The van der Waals surface area contributed by atoms with Crippen LogP contribution < -0.4 is 0 Å². The smallest absolute Gasteiger partial charge is 0.317 e. The second-order valence-corrected chi connectivity index (χ2v) is 2.79. The number of carbonyl (C=O) groups is 1. The topological polar surface area (TPSA) is 37.3 Å². The molecule has 0 fully saturated rings. The first kappa shape index (κ1) is 9.71. The van der Waals surface area contributed by atoms with E-state index in [-0.39, 0.29) is 0 Å². The molecule has 0 radical (unpaired) electrons. The largest absolute Gasteiger partial charge is 0.480 e. The highest BCUT2D eigenvalue weighted by atomic mass is 19.1. The van der Waals surface area contributed by atoms with Gasteiger partial charge in [-0.3, -0.25) is 4.79 Å². The van der Waals surface area contributed by atoms with Gasteiger partial charge in [-0.2, -0.15) is 0 Å². The van der Waals surface area contributed by atoms with Crippen molar-refractivity contribution in [2.45, 2.75) is 13.3 Å². The number of rotatable bonds is 2. The second kappa shape index (κ2) is 4.03. The van der Waals surface area contributed by atoms with E-state index in [0.29, 0.717) is 12.0 Å². The van der Waals surface area contributed by atoms with Crippen molar-refractivity contribution in [3.63, 3.8) is 0 Å². The van der Waals surface area contributed by atoms with Crippen LogP contribution in [0.2, 0.25) is 0 Å². The number of halogens is 1. The third-order valence-electron chi connectivity index (χ3n) is 1.94. The molecule has 0 aromatic heterocycles.